The molecule has 0 bridgehead atoms. The highest BCUT2D eigenvalue weighted by atomic mass is 16.5. The van der Waals surface area contributed by atoms with Crippen molar-refractivity contribution >= 4 is 17.5 Å². The van der Waals surface area contributed by atoms with Crippen molar-refractivity contribution in [3.05, 3.63) is 77.5 Å². The highest BCUT2D eigenvalue weighted by Gasteiger charge is 2.36. The molecule has 0 spiro atoms. The van der Waals surface area contributed by atoms with Gasteiger partial charge >= 0.3 is 0 Å². The van der Waals surface area contributed by atoms with Gasteiger partial charge in [0.1, 0.15) is 18.1 Å². The summed E-state index contributed by atoms with van der Waals surface area (Å²) in [6.07, 6.45) is 9.01. The molecule has 1 fully saturated rings. The third-order valence-corrected chi connectivity index (χ3v) is 7.21. The van der Waals surface area contributed by atoms with E-state index in [1.807, 2.05) is 24.3 Å². The minimum absolute atomic E-state index is 0.470. The van der Waals surface area contributed by atoms with E-state index in [0.717, 1.165) is 54.8 Å². The van der Waals surface area contributed by atoms with E-state index in [0.29, 0.717) is 24.1 Å². The Labute approximate surface area is 206 Å². The highest BCUT2D eigenvalue weighted by Crippen LogP contribution is 2.44. The van der Waals surface area contributed by atoms with Crippen molar-refractivity contribution in [2.24, 2.45) is 9.98 Å². The van der Waals surface area contributed by atoms with Gasteiger partial charge in [0.25, 0.3) is 0 Å². The Morgan fingerprint density at radius 1 is 1.09 bits per heavy atom. The van der Waals surface area contributed by atoms with Crippen molar-refractivity contribution < 1.29 is 9.47 Å². The fourth-order valence-electron chi connectivity index (χ4n) is 5.45. The lowest BCUT2D eigenvalue weighted by Crippen LogP contribution is -2.47. The third kappa shape index (κ3) is 4.00. The van der Waals surface area contributed by atoms with Crippen LogP contribution in [0, 0.1) is 0 Å². The van der Waals surface area contributed by atoms with Gasteiger partial charge in [0.2, 0.25) is 5.96 Å². The molecule has 4 aliphatic heterocycles. The van der Waals surface area contributed by atoms with Crippen molar-refractivity contribution in [2.45, 2.75) is 25.5 Å². The quantitative estimate of drug-likeness (QED) is 0.657. The van der Waals surface area contributed by atoms with Crippen LogP contribution < -0.4 is 9.47 Å². The van der Waals surface area contributed by atoms with Crippen molar-refractivity contribution in [1.82, 2.24) is 14.7 Å². The SMILES string of the molecule is COc1c(OCc2ccccc2)ccc2c1N=C(N1C=CC=C([C@@H]3CCCN3C)C1)N1CCN=C21. The second kappa shape index (κ2) is 9.23. The van der Waals surface area contributed by atoms with Crippen LogP contribution in [0.1, 0.15) is 24.0 Å². The molecule has 1 atom stereocenters. The van der Waals surface area contributed by atoms with Crippen LogP contribution in [0.25, 0.3) is 0 Å². The molecule has 7 nitrogen and oxygen atoms in total. The first-order valence-electron chi connectivity index (χ1n) is 12.4. The van der Waals surface area contributed by atoms with Gasteiger partial charge in [0, 0.05) is 30.9 Å². The van der Waals surface area contributed by atoms with Gasteiger partial charge in [-0.2, -0.15) is 0 Å². The second-order valence-corrected chi connectivity index (χ2v) is 9.39. The molecule has 6 rings (SSSR count). The minimum atomic E-state index is 0.470. The zero-order chi connectivity index (χ0) is 23.8. The topological polar surface area (TPSA) is 52.9 Å². The number of hydrogen-bond acceptors (Lipinski definition) is 7. The van der Waals surface area contributed by atoms with Gasteiger partial charge in [-0.3, -0.25) is 14.8 Å². The Kier molecular flexibility index (Phi) is 5.78. The Bertz CT molecular complexity index is 1230. The molecule has 4 heterocycles. The first-order valence-corrected chi connectivity index (χ1v) is 12.4. The Hall–Kier alpha value is -3.58. The van der Waals surface area contributed by atoms with E-state index in [9.17, 15) is 0 Å². The molecule has 0 radical (unpaired) electrons. The normalized spacial score (nSPS) is 21.3. The maximum absolute atomic E-state index is 6.18. The number of likely N-dealkylation sites (N-methyl/N-ethyl adjacent to an activating group) is 1. The molecule has 0 amide bonds. The zero-order valence-corrected chi connectivity index (χ0v) is 20.4. The van der Waals surface area contributed by atoms with E-state index in [1.165, 1.54) is 18.4 Å². The smallest absolute Gasteiger partial charge is 0.212 e. The molecule has 0 saturated carbocycles. The number of allylic oxidation sites excluding steroid dienone is 2. The number of amidine groups is 1. The Morgan fingerprint density at radius 3 is 2.77 bits per heavy atom. The van der Waals surface area contributed by atoms with Crippen LogP contribution in [0.4, 0.5) is 5.69 Å². The summed E-state index contributed by atoms with van der Waals surface area (Å²) in [5.41, 5.74) is 4.32. The Morgan fingerprint density at radius 2 is 1.97 bits per heavy atom. The van der Waals surface area contributed by atoms with Gasteiger partial charge in [-0.25, -0.2) is 4.99 Å². The van der Waals surface area contributed by atoms with E-state index in [1.54, 1.807) is 7.11 Å². The van der Waals surface area contributed by atoms with Crippen LogP contribution in [0.5, 0.6) is 11.5 Å². The fraction of sp³-hybridized carbons (Fsp3) is 0.357. The first kappa shape index (κ1) is 21.9. The van der Waals surface area contributed by atoms with E-state index >= 15 is 0 Å². The molecule has 0 aliphatic carbocycles. The molecule has 0 aromatic heterocycles. The number of methoxy groups -OCH3 is 1. The average Bonchev–Trinajstić information content (AvgIpc) is 3.56. The summed E-state index contributed by atoms with van der Waals surface area (Å²) < 4.78 is 12.1. The molecule has 4 aliphatic rings. The van der Waals surface area contributed by atoms with Crippen LogP contribution in [-0.2, 0) is 6.61 Å². The standard InChI is InChI=1S/C28H31N5O2/c1-31-15-7-11-23(31)21-10-6-16-32(18-21)28-30-25-22(27-29-14-17-33(27)28)12-13-24(26(25)34-2)35-19-20-8-4-3-5-9-20/h3-6,8-10,12-13,16,23H,7,11,14-15,17-19H2,1-2H3/t23-/m0/s1. The molecule has 7 heteroatoms. The van der Waals surface area contributed by atoms with E-state index < -0.39 is 0 Å². The summed E-state index contributed by atoms with van der Waals surface area (Å²) >= 11 is 0. The maximum Gasteiger partial charge on any atom is 0.212 e. The molecule has 2 aromatic carbocycles. The largest absolute Gasteiger partial charge is 0.491 e. The molecule has 2 aromatic rings. The van der Waals surface area contributed by atoms with Crippen molar-refractivity contribution in [3.63, 3.8) is 0 Å². The number of likely N-dealkylation sites (tertiary alicyclic amines) is 1. The second-order valence-electron chi connectivity index (χ2n) is 9.39. The van der Waals surface area contributed by atoms with Gasteiger partial charge in [-0.1, -0.05) is 36.4 Å². The predicted molar refractivity (Wildman–Crippen MR) is 139 cm³/mol. The molecule has 0 unspecified atom stereocenters. The number of guanidine groups is 1. The molecule has 0 N–H and O–H groups in total. The number of benzene rings is 2. The van der Waals surface area contributed by atoms with E-state index in [4.69, 9.17) is 19.5 Å². The molecule has 1 saturated heterocycles. The van der Waals surface area contributed by atoms with Gasteiger partial charge < -0.3 is 14.4 Å². The number of ether oxygens (including phenoxy) is 2. The fourth-order valence-corrected chi connectivity index (χ4v) is 5.45. The van der Waals surface area contributed by atoms with E-state index in [-0.39, 0.29) is 0 Å². The molecule has 180 valence electrons. The number of rotatable bonds is 5. The van der Waals surface area contributed by atoms with Crippen LogP contribution >= 0.6 is 0 Å². The molecular weight excluding hydrogens is 438 g/mol. The van der Waals surface area contributed by atoms with Crippen molar-refractivity contribution in [3.8, 4) is 11.5 Å². The van der Waals surface area contributed by atoms with Gasteiger partial charge in [0.05, 0.1) is 13.7 Å². The van der Waals surface area contributed by atoms with Crippen LogP contribution in [0.3, 0.4) is 0 Å². The van der Waals surface area contributed by atoms with Crippen LogP contribution in [0.15, 0.2) is 76.4 Å². The summed E-state index contributed by atoms with van der Waals surface area (Å²) in [6.45, 7) is 4.04. The van der Waals surface area contributed by atoms with Gasteiger partial charge in [-0.05, 0) is 55.8 Å². The number of hydrogen-bond donors (Lipinski definition) is 0. The predicted octanol–water partition coefficient (Wildman–Crippen LogP) is 4.19. The van der Waals surface area contributed by atoms with Crippen LogP contribution in [0.2, 0.25) is 0 Å². The highest BCUT2D eigenvalue weighted by molar-refractivity contribution is 6.16. The lowest BCUT2D eigenvalue weighted by molar-refractivity contribution is 0.285. The zero-order valence-electron chi connectivity index (χ0n) is 20.4. The van der Waals surface area contributed by atoms with Crippen LogP contribution in [-0.4, -0.2) is 72.9 Å². The summed E-state index contributed by atoms with van der Waals surface area (Å²) in [7, 11) is 3.91. The maximum atomic E-state index is 6.18. The van der Waals surface area contributed by atoms with Crippen molar-refractivity contribution in [2.75, 3.05) is 40.3 Å². The molecular formula is C28H31N5O2. The summed E-state index contributed by atoms with van der Waals surface area (Å²) in [5.74, 6) is 3.19. The van der Waals surface area contributed by atoms with Crippen molar-refractivity contribution in [1.29, 1.82) is 0 Å². The summed E-state index contributed by atoms with van der Waals surface area (Å²) in [6, 6.07) is 14.7. The van der Waals surface area contributed by atoms with Gasteiger partial charge in [0.15, 0.2) is 11.5 Å². The summed E-state index contributed by atoms with van der Waals surface area (Å²) in [4.78, 5) is 17.0. The van der Waals surface area contributed by atoms with E-state index in [2.05, 4.69) is 58.3 Å². The number of aliphatic imine (C=N–C) groups is 2. The first-order chi connectivity index (χ1) is 17.2. The number of nitrogens with zero attached hydrogens (tertiary/aromatic N) is 5. The lowest BCUT2D eigenvalue weighted by atomic mass is 10.0. The third-order valence-electron chi connectivity index (χ3n) is 7.21. The Balaban J connectivity index is 1.33. The summed E-state index contributed by atoms with van der Waals surface area (Å²) in [5, 5.41) is 0. The average molecular weight is 470 g/mol. The number of fused-ring (bicyclic) bond motifs is 3. The minimum Gasteiger partial charge on any atom is -0.491 e. The molecule has 35 heavy (non-hydrogen) atoms. The lowest BCUT2D eigenvalue weighted by Gasteiger charge is -2.36. The van der Waals surface area contributed by atoms with Gasteiger partial charge in [-0.15, -0.1) is 0 Å². The monoisotopic (exact) mass is 469 g/mol.